The number of carboxylic acids is 1. The van der Waals surface area contributed by atoms with Crippen LogP contribution in [0.1, 0.15) is 21.7 Å². The van der Waals surface area contributed by atoms with E-state index < -0.39 is 11.8 Å². The number of imidazole rings is 1. The molecule has 0 fully saturated rings. The van der Waals surface area contributed by atoms with E-state index in [4.69, 9.17) is 11.6 Å². The first-order valence-corrected chi connectivity index (χ1v) is 7.50. The van der Waals surface area contributed by atoms with Crippen molar-refractivity contribution in [2.45, 2.75) is 13.5 Å². The quantitative estimate of drug-likeness (QED) is 0.781. The normalized spacial score (nSPS) is 10.8. The van der Waals surface area contributed by atoms with Crippen LogP contribution in [0, 0.1) is 12.7 Å². The fourth-order valence-electron chi connectivity index (χ4n) is 2.55. The number of rotatable bonds is 4. The van der Waals surface area contributed by atoms with Gasteiger partial charge in [0.2, 0.25) is 0 Å². The van der Waals surface area contributed by atoms with Crippen molar-refractivity contribution in [1.82, 2.24) is 14.5 Å². The molecule has 0 atom stereocenters. The number of halogens is 2. The summed E-state index contributed by atoms with van der Waals surface area (Å²) in [7, 11) is 0. The lowest BCUT2D eigenvalue weighted by Crippen LogP contribution is -2.12. The highest BCUT2D eigenvalue weighted by Crippen LogP contribution is 2.25. The van der Waals surface area contributed by atoms with Crippen LogP contribution in [-0.2, 0) is 6.54 Å². The number of aromatic carboxylic acids is 1. The second-order valence-electron chi connectivity index (χ2n) is 5.24. The number of carboxylic acid groups (broad SMARTS) is 1. The third-order valence-corrected chi connectivity index (χ3v) is 3.84. The highest BCUT2D eigenvalue weighted by Gasteiger charge is 2.22. The highest BCUT2D eigenvalue weighted by atomic mass is 35.5. The number of hydrogen-bond acceptors (Lipinski definition) is 3. The fourth-order valence-corrected chi connectivity index (χ4v) is 2.74. The maximum Gasteiger partial charge on any atom is 0.354 e. The van der Waals surface area contributed by atoms with Crippen LogP contribution in [0.3, 0.4) is 0 Å². The van der Waals surface area contributed by atoms with Gasteiger partial charge in [-0.1, -0.05) is 11.6 Å². The molecular formula is C17H13ClFN3O2. The number of aromatic nitrogens is 3. The van der Waals surface area contributed by atoms with Crippen LogP contribution in [0.4, 0.5) is 4.39 Å². The third-order valence-electron chi connectivity index (χ3n) is 3.60. The lowest BCUT2D eigenvalue weighted by molar-refractivity contribution is 0.0685. The van der Waals surface area contributed by atoms with Crippen molar-refractivity contribution in [2.24, 2.45) is 0 Å². The Bertz CT molecular complexity index is 910. The van der Waals surface area contributed by atoms with Crippen LogP contribution in [0.5, 0.6) is 0 Å². The second kappa shape index (κ2) is 6.41. The zero-order valence-electron chi connectivity index (χ0n) is 12.7. The van der Waals surface area contributed by atoms with Crippen LogP contribution >= 0.6 is 11.6 Å². The summed E-state index contributed by atoms with van der Waals surface area (Å²) in [6.45, 7) is 1.60. The minimum Gasteiger partial charge on any atom is -0.477 e. The molecule has 0 saturated heterocycles. The number of nitrogens with zero attached hydrogens (tertiary/aromatic N) is 3. The van der Waals surface area contributed by atoms with Crippen LogP contribution in [0.15, 0.2) is 42.7 Å². The Kier molecular flexibility index (Phi) is 4.31. The first-order valence-electron chi connectivity index (χ1n) is 7.12. The van der Waals surface area contributed by atoms with Gasteiger partial charge in [-0.2, -0.15) is 0 Å². The molecule has 122 valence electrons. The van der Waals surface area contributed by atoms with E-state index in [0.717, 1.165) is 0 Å². The molecule has 0 spiro atoms. The van der Waals surface area contributed by atoms with E-state index in [9.17, 15) is 14.3 Å². The molecule has 3 aromatic rings. The van der Waals surface area contributed by atoms with Gasteiger partial charge in [-0.3, -0.25) is 4.98 Å². The first-order chi connectivity index (χ1) is 11.5. The van der Waals surface area contributed by atoms with Crippen molar-refractivity contribution in [3.05, 3.63) is 70.5 Å². The van der Waals surface area contributed by atoms with Crippen LogP contribution < -0.4 is 0 Å². The minimum absolute atomic E-state index is 0.000899. The Hall–Kier alpha value is -2.73. The molecule has 0 bridgehead atoms. The van der Waals surface area contributed by atoms with E-state index in [1.54, 1.807) is 31.5 Å². The topological polar surface area (TPSA) is 68.0 Å². The van der Waals surface area contributed by atoms with Crippen LogP contribution in [-0.4, -0.2) is 25.6 Å². The van der Waals surface area contributed by atoms with E-state index >= 15 is 0 Å². The fraction of sp³-hybridized carbons (Fsp3) is 0.118. The molecule has 0 radical (unpaired) electrons. The molecule has 24 heavy (non-hydrogen) atoms. The van der Waals surface area contributed by atoms with Gasteiger partial charge in [0.05, 0.1) is 12.2 Å². The molecule has 2 heterocycles. The van der Waals surface area contributed by atoms with E-state index in [2.05, 4.69) is 9.97 Å². The van der Waals surface area contributed by atoms with Crippen molar-refractivity contribution >= 4 is 17.6 Å². The number of pyridine rings is 1. The summed E-state index contributed by atoms with van der Waals surface area (Å²) in [4.78, 5) is 20.0. The summed E-state index contributed by atoms with van der Waals surface area (Å²) in [5.41, 5.74) is 1.29. The Morgan fingerprint density at radius 2 is 2.17 bits per heavy atom. The van der Waals surface area contributed by atoms with Gasteiger partial charge >= 0.3 is 5.97 Å². The molecule has 0 aliphatic heterocycles. The Balaban J connectivity index is 2.18. The SMILES string of the molecule is Cc1nc(-c2cccnc2)n(Cc2cc(Cl)ccc2F)c1C(=O)O. The molecule has 0 amide bonds. The number of carbonyl (C=O) groups is 1. The van der Waals surface area contributed by atoms with Crippen molar-refractivity contribution in [1.29, 1.82) is 0 Å². The van der Waals surface area contributed by atoms with Gasteiger partial charge in [-0.05, 0) is 37.3 Å². The Morgan fingerprint density at radius 3 is 2.83 bits per heavy atom. The monoisotopic (exact) mass is 345 g/mol. The molecule has 7 heteroatoms. The van der Waals surface area contributed by atoms with Gasteiger partial charge in [0.1, 0.15) is 11.6 Å². The summed E-state index contributed by atoms with van der Waals surface area (Å²) < 4.78 is 15.5. The third kappa shape index (κ3) is 3.00. The van der Waals surface area contributed by atoms with Crippen molar-refractivity contribution in [3.8, 4) is 11.4 Å². The molecule has 3 rings (SSSR count). The second-order valence-corrected chi connectivity index (χ2v) is 5.67. The van der Waals surface area contributed by atoms with Gasteiger partial charge in [-0.25, -0.2) is 14.2 Å². The first kappa shape index (κ1) is 16.1. The van der Waals surface area contributed by atoms with Gasteiger partial charge < -0.3 is 9.67 Å². The molecule has 0 aliphatic rings. The van der Waals surface area contributed by atoms with Gasteiger partial charge in [0, 0.05) is 28.5 Å². The van der Waals surface area contributed by atoms with Crippen LogP contribution in [0.2, 0.25) is 5.02 Å². The predicted molar refractivity (Wildman–Crippen MR) is 87.7 cm³/mol. The molecule has 2 aromatic heterocycles. The summed E-state index contributed by atoms with van der Waals surface area (Å²) in [6, 6.07) is 7.67. The molecule has 1 aromatic carbocycles. The average molecular weight is 346 g/mol. The van der Waals surface area contributed by atoms with Gasteiger partial charge in [-0.15, -0.1) is 0 Å². The predicted octanol–water partition coefficient (Wildman–Crippen LogP) is 3.79. The molecule has 0 aliphatic carbocycles. The lowest BCUT2D eigenvalue weighted by Gasteiger charge is -2.11. The van der Waals surface area contributed by atoms with Crippen LogP contribution in [0.25, 0.3) is 11.4 Å². The number of aryl methyl sites for hydroxylation is 1. The van der Waals surface area contributed by atoms with Crippen molar-refractivity contribution in [3.63, 3.8) is 0 Å². The van der Waals surface area contributed by atoms with Crippen molar-refractivity contribution < 1.29 is 14.3 Å². The smallest absolute Gasteiger partial charge is 0.354 e. The van der Waals surface area contributed by atoms with E-state index in [1.807, 2.05) is 0 Å². The Morgan fingerprint density at radius 1 is 1.38 bits per heavy atom. The standard InChI is InChI=1S/C17H13ClFN3O2/c1-10-15(17(23)24)22(9-12-7-13(18)4-5-14(12)19)16(21-10)11-3-2-6-20-8-11/h2-8H,9H2,1H3,(H,23,24). The summed E-state index contributed by atoms with van der Waals surface area (Å²) >= 11 is 5.93. The number of hydrogen-bond donors (Lipinski definition) is 1. The largest absolute Gasteiger partial charge is 0.477 e. The Labute approximate surface area is 142 Å². The van der Waals surface area contributed by atoms with Gasteiger partial charge in [0.25, 0.3) is 0 Å². The molecule has 5 nitrogen and oxygen atoms in total. The molecular weight excluding hydrogens is 333 g/mol. The highest BCUT2D eigenvalue weighted by molar-refractivity contribution is 6.30. The van der Waals surface area contributed by atoms with Crippen molar-refractivity contribution in [2.75, 3.05) is 0 Å². The van der Waals surface area contributed by atoms with E-state index in [1.165, 1.54) is 22.8 Å². The lowest BCUT2D eigenvalue weighted by atomic mass is 10.2. The van der Waals surface area contributed by atoms with E-state index in [0.29, 0.717) is 22.1 Å². The zero-order valence-corrected chi connectivity index (χ0v) is 13.5. The molecule has 0 unspecified atom stereocenters. The maximum absolute atomic E-state index is 14.1. The number of benzene rings is 1. The summed E-state index contributed by atoms with van der Waals surface area (Å²) in [5.74, 6) is -1.17. The molecule has 1 N–H and O–H groups in total. The maximum atomic E-state index is 14.1. The van der Waals surface area contributed by atoms with E-state index in [-0.39, 0.29) is 17.8 Å². The zero-order chi connectivity index (χ0) is 17.3. The average Bonchev–Trinajstić information content (AvgIpc) is 2.88. The van der Waals surface area contributed by atoms with Gasteiger partial charge in [0.15, 0.2) is 5.69 Å². The minimum atomic E-state index is -1.13. The summed E-state index contributed by atoms with van der Waals surface area (Å²) in [6.07, 6.45) is 3.19. The summed E-state index contributed by atoms with van der Waals surface area (Å²) in [5, 5.41) is 9.89. The molecule has 0 saturated carbocycles.